The van der Waals surface area contributed by atoms with E-state index < -0.39 is 15.9 Å². The standard InChI is InChI=1S/C13H20N2O4S/c1-9-7-11(13(17)14-5-6-16)8-12(10(9)2)20(18,19)15(3)4/h7-8,16H,5-6H2,1-4H3,(H,14,17). The van der Waals surface area contributed by atoms with E-state index in [1.54, 1.807) is 19.9 Å². The molecule has 0 spiro atoms. The quantitative estimate of drug-likeness (QED) is 0.817. The van der Waals surface area contributed by atoms with E-state index in [0.717, 1.165) is 9.87 Å². The third kappa shape index (κ3) is 3.36. The average Bonchev–Trinajstić information content (AvgIpc) is 2.38. The number of aryl methyl sites for hydroxylation is 1. The van der Waals surface area contributed by atoms with E-state index in [9.17, 15) is 13.2 Å². The lowest BCUT2D eigenvalue weighted by Crippen LogP contribution is -2.28. The van der Waals surface area contributed by atoms with Crippen molar-refractivity contribution in [2.24, 2.45) is 0 Å². The molecule has 1 aromatic rings. The van der Waals surface area contributed by atoms with Crippen LogP contribution in [0.5, 0.6) is 0 Å². The van der Waals surface area contributed by atoms with Crippen molar-refractivity contribution in [2.45, 2.75) is 18.7 Å². The van der Waals surface area contributed by atoms with Crippen LogP contribution in [-0.2, 0) is 10.0 Å². The number of sulfonamides is 1. The van der Waals surface area contributed by atoms with Gasteiger partial charge in [-0.15, -0.1) is 0 Å². The van der Waals surface area contributed by atoms with E-state index >= 15 is 0 Å². The summed E-state index contributed by atoms with van der Waals surface area (Å²) in [6, 6.07) is 3.00. The zero-order valence-corrected chi connectivity index (χ0v) is 12.9. The Kier molecular flexibility index (Phi) is 5.27. The summed E-state index contributed by atoms with van der Waals surface area (Å²) in [5.74, 6) is -0.405. The number of amides is 1. The third-order valence-electron chi connectivity index (χ3n) is 3.04. The van der Waals surface area contributed by atoms with Gasteiger partial charge in [-0.3, -0.25) is 4.79 Å². The molecule has 0 saturated heterocycles. The zero-order chi connectivity index (χ0) is 15.5. The van der Waals surface area contributed by atoms with E-state index in [2.05, 4.69) is 5.32 Å². The summed E-state index contributed by atoms with van der Waals surface area (Å²) in [7, 11) is -0.709. The molecule has 0 aromatic heterocycles. The van der Waals surface area contributed by atoms with Crippen molar-refractivity contribution in [3.8, 4) is 0 Å². The SMILES string of the molecule is Cc1cc(C(=O)NCCO)cc(S(=O)(=O)N(C)C)c1C. The first-order chi connectivity index (χ1) is 9.21. The molecule has 1 aromatic carbocycles. The number of nitrogens with zero attached hydrogens (tertiary/aromatic N) is 1. The van der Waals surface area contributed by atoms with Crippen LogP contribution in [0.3, 0.4) is 0 Å². The highest BCUT2D eigenvalue weighted by molar-refractivity contribution is 7.89. The molecule has 0 aliphatic rings. The largest absolute Gasteiger partial charge is 0.395 e. The molecule has 0 aliphatic carbocycles. The number of carbonyl (C=O) groups is 1. The van der Waals surface area contributed by atoms with Gasteiger partial charge in [0.2, 0.25) is 10.0 Å². The Balaban J connectivity index is 3.34. The molecular formula is C13H20N2O4S. The number of benzene rings is 1. The van der Waals surface area contributed by atoms with Gasteiger partial charge >= 0.3 is 0 Å². The fraction of sp³-hybridized carbons (Fsp3) is 0.462. The van der Waals surface area contributed by atoms with E-state index in [1.807, 2.05) is 0 Å². The molecule has 2 N–H and O–H groups in total. The highest BCUT2D eigenvalue weighted by atomic mass is 32.2. The second-order valence-corrected chi connectivity index (χ2v) is 6.80. The minimum absolute atomic E-state index is 0.122. The highest BCUT2D eigenvalue weighted by Crippen LogP contribution is 2.23. The van der Waals surface area contributed by atoms with Crippen molar-refractivity contribution in [3.63, 3.8) is 0 Å². The van der Waals surface area contributed by atoms with Crippen LogP contribution in [0.4, 0.5) is 0 Å². The van der Waals surface area contributed by atoms with Crippen LogP contribution in [0, 0.1) is 13.8 Å². The molecule has 20 heavy (non-hydrogen) atoms. The van der Waals surface area contributed by atoms with Crippen LogP contribution in [0.25, 0.3) is 0 Å². The van der Waals surface area contributed by atoms with Gasteiger partial charge in [-0.1, -0.05) is 0 Å². The molecule has 0 radical (unpaired) electrons. The second-order valence-electron chi connectivity index (χ2n) is 4.68. The van der Waals surface area contributed by atoms with Gasteiger partial charge in [-0.2, -0.15) is 0 Å². The van der Waals surface area contributed by atoms with Gasteiger partial charge in [0.05, 0.1) is 11.5 Å². The van der Waals surface area contributed by atoms with Gasteiger partial charge in [-0.25, -0.2) is 12.7 Å². The van der Waals surface area contributed by atoms with Crippen LogP contribution in [0.15, 0.2) is 17.0 Å². The van der Waals surface area contributed by atoms with Crippen LogP contribution < -0.4 is 5.32 Å². The summed E-state index contributed by atoms with van der Waals surface area (Å²) >= 11 is 0. The fourth-order valence-electron chi connectivity index (χ4n) is 1.69. The Hall–Kier alpha value is -1.44. The molecule has 0 bridgehead atoms. The van der Waals surface area contributed by atoms with E-state index in [1.165, 1.54) is 20.2 Å². The number of aliphatic hydroxyl groups excluding tert-OH is 1. The second kappa shape index (κ2) is 6.34. The minimum atomic E-state index is -3.60. The lowest BCUT2D eigenvalue weighted by Gasteiger charge is -2.16. The number of nitrogens with one attached hydrogen (secondary N) is 1. The first-order valence-electron chi connectivity index (χ1n) is 6.14. The number of carbonyl (C=O) groups excluding carboxylic acids is 1. The monoisotopic (exact) mass is 300 g/mol. The Morgan fingerprint density at radius 1 is 1.30 bits per heavy atom. The number of aliphatic hydroxyl groups is 1. The maximum Gasteiger partial charge on any atom is 0.251 e. The summed E-state index contributed by atoms with van der Waals surface area (Å²) in [6.07, 6.45) is 0. The Bertz CT molecular complexity index is 609. The molecule has 0 atom stereocenters. The van der Waals surface area contributed by atoms with Crippen molar-refractivity contribution in [2.75, 3.05) is 27.2 Å². The van der Waals surface area contributed by atoms with Gasteiger partial charge in [-0.05, 0) is 37.1 Å². The molecule has 0 aliphatic heterocycles. The average molecular weight is 300 g/mol. The fourth-order valence-corrected chi connectivity index (χ4v) is 2.91. The molecule has 0 saturated carbocycles. The summed E-state index contributed by atoms with van der Waals surface area (Å²) in [5, 5.41) is 11.2. The molecule has 7 heteroatoms. The van der Waals surface area contributed by atoms with Gasteiger partial charge in [0, 0.05) is 26.2 Å². The molecule has 1 rings (SSSR count). The molecule has 6 nitrogen and oxygen atoms in total. The smallest absolute Gasteiger partial charge is 0.251 e. The number of hydrogen-bond acceptors (Lipinski definition) is 4. The molecule has 0 fully saturated rings. The van der Waals surface area contributed by atoms with E-state index in [4.69, 9.17) is 5.11 Å². The van der Waals surface area contributed by atoms with Crippen molar-refractivity contribution in [3.05, 3.63) is 28.8 Å². The highest BCUT2D eigenvalue weighted by Gasteiger charge is 2.22. The first kappa shape index (κ1) is 16.6. The van der Waals surface area contributed by atoms with Crippen LogP contribution in [0.1, 0.15) is 21.5 Å². The van der Waals surface area contributed by atoms with Crippen molar-refractivity contribution < 1.29 is 18.3 Å². The number of hydrogen-bond donors (Lipinski definition) is 2. The minimum Gasteiger partial charge on any atom is -0.395 e. The van der Waals surface area contributed by atoms with Gasteiger partial charge < -0.3 is 10.4 Å². The lowest BCUT2D eigenvalue weighted by atomic mass is 10.1. The predicted molar refractivity (Wildman–Crippen MR) is 76.2 cm³/mol. The third-order valence-corrected chi connectivity index (χ3v) is 4.98. The van der Waals surface area contributed by atoms with Crippen molar-refractivity contribution >= 4 is 15.9 Å². The summed E-state index contributed by atoms with van der Waals surface area (Å²) in [5.41, 5.74) is 1.61. The summed E-state index contributed by atoms with van der Waals surface area (Å²) in [6.45, 7) is 3.43. The number of rotatable bonds is 5. The maximum absolute atomic E-state index is 12.2. The first-order valence-corrected chi connectivity index (χ1v) is 7.58. The molecule has 0 unspecified atom stereocenters. The zero-order valence-electron chi connectivity index (χ0n) is 12.1. The lowest BCUT2D eigenvalue weighted by molar-refractivity contribution is 0.0944. The Morgan fingerprint density at radius 3 is 2.40 bits per heavy atom. The molecule has 1 amide bonds. The maximum atomic E-state index is 12.2. The normalized spacial score (nSPS) is 11.7. The van der Waals surface area contributed by atoms with Crippen LogP contribution in [0.2, 0.25) is 0 Å². The summed E-state index contributed by atoms with van der Waals surface area (Å²) < 4.78 is 25.6. The predicted octanol–water partition coefficient (Wildman–Crippen LogP) is 0.276. The Morgan fingerprint density at radius 2 is 1.90 bits per heavy atom. The van der Waals surface area contributed by atoms with Crippen LogP contribution in [-0.4, -0.2) is 51.0 Å². The summed E-state index contributed by atoms with van der Waals surface area (Å²) in [4.78, 5) is 12.0. The van der Waals surface area contributed by atoms with E-state index in [0.29, 0.717) is 5.56 Å². The molecule has 112 valence electrons. The van der Waals surface area contributed by atoms with Gasteiger partial charge in [0.25, 0.3) is 5.91 Å². The van der Waals surface area contributed by atoms with E-state index in [-0.39, 0.29) is 23.6 Å². The molecule has 0 heterocycles. The van der Waals surface area contributed by atoms with Crippen LogP contribution >= 0.6 is 0 Å². The Labute approximate surface area is 119 Å². The van der Waals surface area contributed by atoms with Crippen molar-refractivity contribution in [1.82, 2.24) is 9.62 Å². The van der Waals surface area contributed by atoms with Gasteiger partial charge in [0.1, 0.15) is 0 Å². The topological polar surface area (TPSA) is 86.7 Å². The van der Waals surface area contributed by atoms with Crippen molar-refractivity contribution in [1.29, 1.82) is 0 Å². The molecular weight excluding hydrogens is 280 g/mol. The van der Waals surface area contributed by atoms with Gasteiger partial charge in [0.15, 0.2) is 0 Å².